The number of hydrogen-bond donors (Lipinski definition) is 2. The molecule has 0 atom stereocenters. The van der Waals surface area contributed by atoms with Gasteiger partial charge in [0.25, 0.3) is 0 Å². The maximum Gasteiger partial charge on any atom is 0.0144 e. The van der Waals surface area contributed by atoms with Crippen molar-refractivity contribution in [3.8, 4) is 0 Å². The van der Waals surface area contributed by atoms with E-state index in [4.69, 9.17) is 5.84 Å². The molecule has 3 N–H and O–H groups in total. The van der Waals surface area contributed by atoms with Crippen molar-refractivity contribution in [3.05, 3.63) is 0 Å². The third-order valence-electron chi connectivity index (χ3n) is 1.96. The van der Waals surface area contributed by atoms with E-state index >= 15 is 0 Å². The van der Waals surface area contributed by atoms with Crippen LogP contribution in [0.4, 0.5) is 0 Å². The van der Waals surface area contributed by atoms with E-state index in [9.17, 15) is 0 Å². The molecule has 0 aliphatic carbocycles. The lowest BCUT2D eigenvalue weighted by atomic mass is 10.2. The Balaban J connectivity index is 3.19. The smallest absolute Gasteiger partial charge is 0.0144 e. The predicted octanol–water partition coefficient (Wildman–Crippen LogP) is 1.66. The standard InChI is InChI=1S/C9H23N3/c1-3-5-6-7-9-12(11-10)8-4-2/h11H,3-10H2,1-2H3. The highest BCUT2D eigenvalue weighted by Gasteiger charge is 1.98. The van der Waals surface area contributed by atoms with E-state index in [1.807, 2.05) is 0 Å². The molecule has 0 heterocycles. The van der Waals surface area contributed by atoms with Crippen molar-refractivity contribution >= 4 is 0 Å². The molecule has 0 amide bonds. The topological polar surface area (TPSA) is 41.3 Å². The lowest BCUT2D eigenvalue weighted by molar-refractivity contribution is 0.185. The van der Waals surface area contributed by atoms with Gasteiger partial charge >= 0.3 is 0 Å². The Kier molecular flexibility index (Phi) is 8.88. The lowest BCUT2D eigenvalue weighted by Crippen LogP contribution is -2.43. The van der Waals surface area contributed by atoms with Crippen molar-refractivity contribution in [3.63, 3.8) is 0 Å². The molecule has 0 saturated heterocycles. The Bertz CT molecular complexity index is 85.8. The van der Waals surface area contributed by atoms with Crippen molar-refractivity contribution < 1.29 is 0 Å². The first kappa shape index (κ1) is 11.9. The van der Waals surface area contributed by atoms with Gasteiger partial charge in [-0.15, -0.1) is 0 Å². The largest absolute Gasteiger partial charge is 0.258 e. The summed E-state index contributed by atoms with van der Waals surface area (Å²) in [6, 6.07) is 0. The summed E-state index contributed by atoms with van der Waals surface area (Å²) in [7, 11) is 0. The van der Waals surface area contributed by atoms with Crippen LogP contribution in [0.15, 0.2) is 0 Å². The highest BCUT2D eigenvalue weighted by atomic mass is 15.6. The Morgan fingerprint density at radius 3 is 2.25 bits per heavy atom. The SMILES string of the molecule is CCCCCCN(CCC)NN. The second-order valence-electron chi connectivity index (χ2n) is 3.18. The molecule has 3 heteroatoms. The molecule has 0 spiro atoms. The molecule has 3 nitrogen and oxygen atoms in total. The van der Waals surface area contributed by atoms with Gasteiger partial charge in [0.1, 0.15) is 0 Å². The molecule has 74 valence electrons. The van der Waals surface area contributed by atoms with E-state index in [1.165, 1.54) is 25.7 Å². The normalized spacial score (nSPS) is 11.0. The summed E-state index contributed by atoms with van der Waals surface area (Å²) >= 11 is 0. The molecule has 0 unspecified atom stereocenters. The van der Waals surface area contributed by atoms with Gasteiger partial charge in [-0.1, -0.05) is 33.1 Å². The number of nitrogens with zero attached hydrogens (tertiary/aromatic N) is 1. The van der Waals surface area contributed by atoms with Crippen LogP contribution in [0.3, 0.4) is 0 Å². The summed E-state index contributed by atoms with van der Waals surface area (Å²) in [5.74, 6) is 5.35. The minimum absolute atomic E-state index is 1.04. The van der Waals surface area contributed by atoms with E-state index in [1.54, 1.807) is 0 Å². The van der Waals surface area contributed by atoms with Crippen molar-refractivity contribution in [1.29, 1.82) is 0 Å². The predicted molar refractivity (Wildman–Crippen MR) is 53.3 cm³/mol. The second-order valence-corrected chi connectivity index (χ2v) is 3.18. The van der Waals surface area contributed by atoms with Crippen LogP contribution in [0.2, 0.25) is 0 Å². The van der Waals surface area contributed by atoms with Crippen molar-refractivity contribution in [2.45, 2.75) is 46.0 Å². The summed E-state index contributed by atoms with van der Waals surface area (Å²) in [6.45, 7) is 6.51. The van der Waals surface area contributed by atoms with Crippen LogP contribution in [0.25, 0.3) is 0 Å². The van der Waals surface area contributed by atoms with Crippen LogP contribution in [0, 0.1) is 0 Å². The summed E-state index contributed by atoms with van der Waals surface area (Å²) in [5, 5.41) is 2.08. The van der Waals surface area contributed by atoms with E-state index in [0.29, 0.717) is 0 Å². The number of nitrogens with two attached hydrogens (primary N) is 1. The zero-order chi connectivity index (χ0) is 9.23. The number of hydrazine groups is 2. The molecule has 0 aromatic heterocycles. The van der Waals surface area contributed by atoms with Crippen LogP contribution in [-0.2, 0) is 0 Å². The van der Waals surface area contributed by atoms with Gasteiger partial charge in [0.15, 0.2) is 0 Å². The molecule has 0 rings (SSSR count). The van der Waals surface area contributed by atoms with Crippen molar-refractivity contribution in [2.75, 3.05) is 13.1 Å². The molecule has 0 radical (unpaired) electrons. The van der Waals surface area contributed by atoms with Gasteiger partial charge in [-0.05, 0) is 12.8 Å². The maximum absolute atomic E-state index is 5.35. The van der Waals surface area contributed by atoms with E-state index < -0.39 is 0 Å². The zero-order valence-corrected chi connectivity index (χ0v) is 8.47. The van der Waals surface area contributed by atoms with Gasteiger partial charge in [-0.3, -0.25) is 5.84 Å². The van der Waals surface area contributed by atoms with E-state index in [2.05, 4.69) is 24.4 Å². The highest BCUT2D eigenvalue weighted by Crippen LogP contribution is 1.99. The van der Waals surface area contributed by atoms with Crippen molar-refractivity contribution in [1.82, 2.24) is 10.5 Å². The first-order valence-electron chi connectivity index (χ1n) is 5.06. The summed E-state index contributed by atoms with van der Waals surface area (Å²) in [6.07, 6.45) is 6.35. The van der Waals surface area contributed by atoms with Gasteiger partial charge in [-0.25, -0.2) is 5.01 Å². The van der Waals surface area contributed by atoms with Crippen molar-refractivity contribution in [2.24, 2.45) is 5.84 Å². The van der Waals surface area contributed by atoms with Crippen LogP contribution >= 0.6 is 0 Å². The minimum atomic E-state index is 1.04. The van der Waals surface area contributed by atoms with E-state index in [-0.39, 0.29) is 0 Å². The molecule has 0 saturated carbocycles. The van der Waals surface area contributed by atoms with Crippen LogP contribution in [-0.4, -0.2) is 18.1 Å². The molecule has 0 aromatic rings. The highest BCUT2D eigenvalue weighted by molar-refractivity contribution is 4.49. The number of hydrogen-bond acceptors (Lipinski definition) is 3. The Labute approximate surface area is 76.2 Å². The molecular formula is C9H23N3. The fourth-order valence-electron chi connectivity index (χ4n) is 1.24. The number of rotatable bonds is 8. The molecule has 12 heavy (non-hydrogen) atoms. The third-order valence-corrected chi connectivity index (χ3v) is 1.96. The average Bonchev–Trinajstić information content (AvgIpc) is 2.10. The number of nitrogens with one attached hydrogen (secondary N) is 1. The second kappa shape index (κ2) is 8.97. The van der Waals surface area contributed by atoms with Gasteiger partial charge < -0.3 is 0 Å². The summed E-state index contributed by atoms with van der Waals surface area (Å²) in [4.78, 5) is 0. The van der Waals surface area contributed by atoms with Gasteiger partial charge in [0, 0.05) is 13.1 Å². The average molecular weight is 173 g/mol. The Morgan fingerprint density at radius 2 is 1.75 bits per heavy atom. The Morgan fingerprint density at radius 1 is 1.00 bits per heavy atom. The van der Waals surface area contributed by atoms with E-state index in [0.717, 1.165) is 19.5 Å². The molecule has 0 aliphatic heterocycles. The van der Waals surface area contributed by atoms with Gasteiger partial charge in [0.2, 0.25) is 0 Å². The molecule has 0 aromatic carbocycles. The first-order chi connectivity index (χ1) is 5.85. The van der Waals surface area contributed by atoms with Gasteiger partial charge in [0.05, 0.1) is 0 Å². The minimum Gasteiger partial charge on any atom is -0.258 e. The quantitative estimate of drug-likeness (QED) is 0.333. The fourth-order valence-corrected chi connectivity index (χ4v) is 1.24. The first-order valence-corrected chi connectivity index (χ1v) is 5.06. The van der Waals surface area contributed by atoms with Crippen LogP contribution in [0.5, 0.6) is 0 Å². The van der Waals surface area contributed by atoms with Gasteiger partial charge in [-0.2, -0.15) is 5.53 Å². The molecule has 0 fully saturated rings. The summed E-state index contributed by atoms with van der Waals surface area (Å²) in [5.41, 5.74) is 2.71. The molecular weight excluding hydrogens is 150 g/mol. The summed E-state index contributed by atoms with van der Waals surface area (Å²) < 4.78 is 0. The van der Waals surface area contributed by atoms with Crippen LogP contribution < -0.4 is 11.4 Å². The lowest BCUT2D eigenvalue weighted by Gasteiger charge is -2.19. The molecule has 0 aliphatic rings. The Hall–Kier alpha value is -0.120. The molecule has 0 bridgehead atoms. The van der Waals surface area contributed by atoms with Crippen LogP contribution in [0.1, 0.15) is 46.0 Å². The zero-order valence-electron chi connectivity index (χ0n) is 8.47. The fraction of sp³-hybridized carbons (Fsp3) is 1.00. The third kappa shape index (κ3) is 6.58. The number of unbranched alkanes of at least 4 members (excludes halogenated alkanes) is 3. The monoisotopic (exact) mass is 173 g/mol. The maximum atomic E-state index is 5.35.